The van der Waals surface area contributed by atoms with E-state index in [1.165, 1.54) is 31.3 Å². The van der Waals surface area contributed by atoms with Gasteiger partial charge in [0.25, 0.3) is 0 Å². The van der Waals surface area contributed by atoms with E-state index < -0.39 is 16.8 Å². The maximum atomic E-state index is 14.7. The number of hydrogen-bond donors (Lipinski definition) is 2. The van der Waals surface area contributed by atoms with Gasteiger partial charge in [0.1, 0.15) is 16.8 Å². The summed E-state index contributed by atoms with van der Waals surface area (Å²) in [5.74, 6) is 0.373. The van der Waals surface area contributed by atoms with Gasteiger partial charge in [0.05, 0.1) is 4.90 Å². The molecule has 0 spiro atoms. The predicted octanol–water partition coefficient (Wildman–Crippen LogP) is 3.55. The minimum Gasteiger partial charge on any atom is -0.368 e. The molecule has 1 fully saturated rings. The number of halogens is 1. The van der Waals surface area contributed by atoms with E-state index in [-0.39, 0.29) is 5.95 Å². The molecular formula is C20H19FN4OS. The minimum atomic E-state index is -1.33. The highest BCUT2D eigenvalue weighted by atomic mass is 32.2. The molecular weight excluding hydrogens is 363 g/mol. The van der Waals surface area contributed by atoms with Crippen LogP contribution in [0.15, 0.2) is 59.8 Å². The van der Waals surface area contributed by atoms with E-state index in [9.17, 15) is 8.60 Å². The van der Waals surface area contributed by atoms with Gasteiger partial charge in [-0.05, 0) is 42.0 Å². The first kappa shape index (κ1) is 17.8. The number of hydrogen-bond acceptors (Lipinski definition) is 4. The lowest BCUT2D eigenvalue weighted by atomic mass is 10.0. The highest BCUT2D eigenvalue weighted by molar-refractivity contribution is 7.83. The van der Waals surface area contributed by atoms with Crippen LogP contribution >= 0.6 is 0 Å². The SMILES string of the molecule is Nc1ncc(-c2ccc(-c3ccccc3S(=O)NCC3CC3)cc2F)cn1. The Labute approximate surface area is 159 Å². The number of benzene rings is 2. The number of nitrogens with two attached hydrogens (primary N) is 1. The summed E-state index contributed by atoms with van der Waals surface area (Å²) in [6.45, 7) is 0.741. The second-order valence-electron chi connectivity index (χ2n) is 6.58. The van der Waals surface area contributed by atoms with Gasteiger partial charge in [-0.25, -0.2) is 23.3 Å². The summed E-state index contributed by atoms with van der Waals surface area (Å²) >= 11 is 0. The van der Waals surface area contributed by atoms with Crippen molar-refractivity contribution in [1.82, 2.24) is 14.7 Å². The Kier molecular flexibility index (Phi) is 4.96. The van der Waals surface area contributed by atoms with Crippen molar-refractivity contribution >= 4 is 16.9 Å². The van der Waals surface area contributed by atoms with Crippen LogP contribution in [-0.2, 0) is 11.0 Å². The van der Waals surface area contributed by atoms with Gasteiger partial charge in [0.15, 0.2) is 0 Å². The van der Waals surface area contributed by atoms with Gasteiger partial charge in [0, 0.05) is 30.1 Å². The molecule has 0 aliphatic heterocycles. The molecule has 5 nitrogen and oxygen atoms in total. The second-order valence-corrected chi connectivity index (χ2v) is 7.85. The number of anilines is 1. The summed E-state index contributed by atoms with van der Waals surface area (Å²) in [7, 11) is -1.33. The van der Waals surface area contributed by atoms with Crippen molar-refractivity contribution in [1.29, 1.82) is 0 Å². The number of nitrogens with one attached hydrogen (secondary N) is 1. The summed E-state index contributed by atoms with van der Waals surface area (Å²) < 4.78 is 30.5. The third-order valence-electron chi connectivity index (χ3n) is 4.55. The molecule has 1 unspecified atom stereocenters. The van der Waals surface area contributed by atoms with E-state index >= 15 is 0 Å². The Morgan fingerprint density at radius 2 is 1.81 bits per heavy atom. The first-order valence-corrected chi connectivity index (χ1v) is 9.89. The van der Waals surface area contributed by atoms with E-state index in [1.807, 2.05) is 30.3 Å². The Morgan fingerprint density at radius 1 is 1.07 bits per heavy atom. The summed E-state index contributed by atoms with van der Waals surface area (Å²) in [5, 5.41) is 0. The van der Waals surface area contributed by atoms with Crippen molar-refractivity contribution in [2.75, 3.05) is 12.3 Å². The molecule has 1 aliphatic rings. The molecule has 1 aromatic heterocycles. The van der Waals surface area contributed by atoms with Crippen LogP contribution in [0.5, 0.6) is 0 Å². The zero-order valence-electron chi connectivity index (χ0n) is 14.6. The highest BCUT2D eigenvalue weighted by Crippen LogP contribution is 2.31. The largest absolute Gasteiger partial charge is 0.368 e. The molecule has 3 N–H and O–H groups in total. The van der Waals surface area contributed by atoms with Gasteiger partial charge < -0.3 is 5.73 Å². The Bertz CT molecular complexity index is 990. The van der Waals surface area contributed by atoms with Gasteiger partial charge in [-0.1, -0.05) is 30.3 Å². The van der Waals surface area contributed by atoms with Crippen LogP contribution < -0.4 is 10.5 Å². The molecule has 0 saturated heterocycles. The van der Waals surface area contributed by atoms with Crippen molar-refractivity contribution in [3.05, 3.63) is 60.7 Å². The molecule has 1 heterocycles. The standard InChI is InChI=1S/C20H19FN4OS/c21-18-9-14(7-8-16(18)15-11-23-20(22)24-12-15)17-3-1-2-4-19(17)27(26)25-10-13-5-6-13/h1-4,7-9,11-13,25H,5-6,10H2,(H2,22,23,24). The maximum Gasteiger partial charge on any atom is 0.219 e. The summed E-state index contributed by atoms with van der Waals surface area (Å²) in [5.41, 5.74) is 7.85. The molecule has 0 amide bonds. The van der Waals surface area contributed by atoms with Crippen molar-refractivity contribution in [3.8, 4) is 22.3 Å². The fraction of sp³-hybridized carbons (Fsp3) is 0.200. The summed E-state index contributed by atoms with van der Waals surface area (Å²) in [6, 6.07) is 12.3. The van der Waals surface area contributed by atoms with Gasteiger partial charge in [0.2, 0.25) is 5.95 Å². The van der Waals surface area contributed by atoms with Crippen molar-refractivity contribution in [2.45, 2.75) is 17.7 Å². The number of rotatable bonds is 6. The molecule has 138 valence electrons. The summed E-state index contributed by atoms with van der Waals surface area (Å²) in [4.78, 5) is 8.47. The molecule has 0 radical (unpaired) electrons. The van der Waals surface area contributed by atoms with Crippen LogP contribution in [0.25, 0.3) is 22.3 Å². The quantitative estimate of drug-likeness (QED) is 0.683. The molecule has 2 aromatic carbocycles. The Hall–Kier alpha value is -2.64. The van der Waals surface area contributed by atoms with Crippen LogP contribution in [0.4, 0.5) is 10.3 Å². The number of aromatic nitrogens is 2. The topological polar surface area (TPSA) is 80.9 Å². The van der Waals surface area contributed by atoms with Crippen LogP contribution in [0.2, 0.25) is 0 Å². The molecule has 4 rings (SSSR count). The first-order valence-electron chi connectivity index (χ1n) is 8.74. The normalized spacial score (nSPS) is 14.9. The lowest BCUT2D eigenvalue weighted by Crippen LogP contribution is -2.20. The van der Waals surface area contributed by atoms with Gasteiger partial charge >= 0.3 is 0 Å². The minimum absolute atomic E-state index is 0.144. The average Bonchev–Trinajstić information content (AvgIpc) is 3.51. The van der Waals surface area contributed by atoms with Crippen LogP contribution in [0.1, 0.15) is 12.8 Å². The monoisotopic (exact) mass is 382 g/mol. The molecule has 7 heteroatoms. The first-order chi connectivity index (χ1) is 13.1. The zero-order valence-corrected chi connectivity index (χ0v) is 15.4. The lowest BCUT2D eigenvalue weighted by Gasteiger charge is -2.12. The molecule has 0 bridgehead atoms. The molecule has 1 saturated carbocycles. The molecule has 1 aliphatic carbocycles. The van der Waals surface area contributed by atoms with Crippen molar-refractivity contribution in [3.63, 3.8) is 0 Å². The average molecular weight is 382 g/mol. The number of nitrogens with zero attached hydrogens (tertiary/aromatic N) is 2. The van der Waals surface area contributed by atoms with Crippen LogP contribution in [0, 0.1) is 11.7 Å². The Morgan fingerprint density at radius 3 is 2.52 bits per heavy atom. The fourth-order valence-electron chi connectivity index (χ4n) is 2.85. The number of nitrogen functional groups attached to an aromatic ring is 1. The highest BCUT2D eigenvalue weighted by Gasteiger charge is 2.22. The van der Waals surface area contributed by atoms with Crippen LogP contribution in [-0.4, -0.2) is 20.7 Å². The molecule has 27 heavy (non-hydrogen) atoms. The van der Waals surface area contributed by atoms with Crippen molar-refractivity contribution in [2.24, 2.45) is 5.92 Å². The second kappa shape index (κ2) is 7.54. The summed E-state index contributed by atoms with van der Waals surface area (Å²) in [6.07, 6.45) is 5.36. The molecule has 3 aromatic rings. The smallest absolute Gasteiger partial charge is 0.219 e. The van der Waals surface area contributed by atoms with Crippen molar-refractivity contribution < 1.29 is 8.60 Å². The Balaban J connectivity index is 1.64. The molecule has 1 atom stereocenters. The van der Waals surface area contributed by atoms with E-state index in [1.54, 1.807) is 6.07 Å². The fourth-order valence-corrected chi connectivity index (χ4v) is 3.98. The predicted molar refractivity (Wildman–Crippen MR) is 104 cm³/mol. The van der Waals surface area contributed by atoms with Gasteiger partial charge in [-0.3, -0.25) is 0 Å². The van der Waals surface area contributed by atoms with E-state index in [4.69, 9.17) is 5.73 Å². The lowest BCUT2D eigenvalue weighted by molar-refractivity contribution is 0.631. The zero-order chi connectivity index (χ0) is 18.8. The van der Waals surface area contributed by atoms with E-state index in [2.05, 4.69) is 14.7 Å². The van der Waals surface area contributed by atoms with E-state index in [0.29, 0.717) is 27.5 Å². The van der Waals surface area contributed by atoms with E-state index in [0.717, 1.165) is 12.1 Å². The maximum absolute atomic E-state index is 14.7. The third-order valence-corrected chi connectivity index (χ3v) is 5.73. The van der Waals surface area contributed by atoms with Gasteiger partial charge in [-0.2, -0.15) is 0 Å². The van der Waals surface area contributed by atoms with Crippen LogP contribution in [0.3, 0.4) is 0 Å². The third kappa shape index (κ3) is 4.04. The van der Waals surface area contributed by atoms with Gasteiger partial charge in [-0.15, -0.1) is 0 Å².